The van der Waals surface area contributed by atoms with Crippen molar-refractivity contribution in [2.45, 2.75) is 6.92 Å². The number of hydrogen-bond donors (Lipinski definition) is 2. The standard InChI is InChI=1S/C12H12N3.Y/c1-9-7-8-11(15-12(9)13)14-10-5-3-2-4-6-10;/h2-6,8H,1H3,(H3,13,14,15);/q-1;. The van der Waals surface area contributed by atoms with Crippen molar-refractivity contribution in [2.24, 2.45) is 0 Å². The minimum Gasteiger partial charge on any atom is -0.435 e. The maximum atomic E-state index is 5.69. The van der Waals surface area contributed by atoms with Crippen molar-refractivity contribution in [1.29, 1.82) is 0 Å². The van der Waals surface area contributed by atoms with Gasteiger partial charge in [0.05, 0.1) is 0 Å². The molecule has 3 nitrogen and oxygen atoms in total. The first-order valence-corrected chi connectivity index (χ1v) is 4.72. The smallest absolute Gasteiger partial charge is 0.0285 e. The molecule has 0 aliphatic heterocycles. The number of pyridine rings is 1. The van der Waals surface area contributed by atoms with Crippen LogP contribution in [-0.2, 0) is 32.7 Å². The summed E-state index contributed by atoms with van der Waals surface area (Å²) in [5, 5.41) is 3.15. The van der Waals surface area contributed by atoms with E-state index in [1.807, 2.05) is 37.3 Å². The number of rotatable bonds is 2. The van der Waals surface area contributed by atoms with E-state index in [4.69, 9.17) is 5.73 Å². The number of anilines is 3. The Morgan fingerprint density at radius 1 is 1.25 bits per heavy atom. The quantitative estimate of drug-likeness (QED) is 0.834. The Hall–Kier alpha value is -0.926. The van der Waals surface area contributed by atoms with Gasteiger partial charge in [0.15, 0.2) is 0 Å². The van der Waals surface area contributed by atoms with E-state index >= 15 is 0 Å². The molecule has 0 aliphatic carbocycles. The number of nitrogens with zero attached hydrogens (tertiary/aromatic N) is 1. The number of aromatic nitrogens is 1. The molecule has 2 rings (SSSR count). The summed E-state index contributed by atoms with van der Waals surface area (Å²) >= 11 is 0. The molecule has 3 N–H and O–H groups in total. The summed E-state index contributed by atoms with van der Waals surface area (Å²) in [7, 11) is 0. The summed E-state index contributed by atoms with van der Waals surface area (Å²) in [6.07, 6.45) is 0. The minimum absolute atomic E-state index is 0. The first-order chi connectivity index (χ1) is 7.25. The fraction of sp³-hybridized carbons (Fsp3) is 0.0833. The molecule has 4 heteroatoms. The normalized spacial score (nSPS) is 9.31. The van der Waals surface area contributed by atoms with Crippen LogP contribution in [0, 0.1) is 13.0 Å². The van der Waals surface area contributed by atoms with Crippen molar-refractivity contribution in [3.63, 3.8) is 0 Å². The Balaban J connectivity index is 0.00000128. The van der Waals surface area contributed by atoms with E-state index in [9.17, 15) is 0 Å². The van der Waals surface area contributed by atoms with Gasteiger partial charge >= 0.3 is 0 Å². The van der Waals surface area contributed by atoms with E-state index in [0.717, 1.165) is 11.3 Å². The van der Waals surface area contributed by atoms with Crippen LogP contribution < -0.4 is 11.1 Å². The Bertz CT molecular complexity index is 457. The minimum atomic E-state index is 0. The second-order valence-corrected chi connectivity index (χ2v) is 3.29. The molecule has 0 saturated heterocycles. The van der Waals surface area contributed by atoms with E-state index in [1.165, 1.54) is 0 Å². The van der Waals surface area contributed by atoms with Crippen LogP contribution in [0.1, 0.15) is 5.56 Å². The molecule has 0 spiro atoms. The van der Waals surface area contributed by atoms with E-state index in [2.05, 4.69) is 16.4 Å². The van der Waals surface area contributed by atoms with Crippen LogP contribution in [0.4, 0.5) is 17.3 Å². The number of para-hydroxylation sites is 1. The number of nitrogens with one attached hydrogen (secondary N) is 1. The molecule has 1 heterocycles. The molecular formula is C12H12N3Y-. The summed E-state index contributed by atoms with van der Waals surface area (Å²) in [4.78, 5) is 4.20. The third-order valence-electron chi connectivity index (χ3n) is 2.10. The molecule has 79 valence electrons. The van der Waals surface area contributed by atoms with Gasteiger partial charge in [0, 0.05) is 50.0 Å². The summed E-state index contributed by atoms with van der Waals surface area (Å²) in [5.74, 6) is 1.22. The van der Waals surface area contributed by atoms with Crippen LogP contribution >= 0.6 is 0 Å². The summed E-state index contributed by atoms with van der Waals surface area (Å²) in [6.45, 7) is 1.88. The van der Waals surface area contributed by atoms with Gasteiger partial charge in [-0.3, -0.25) is 0 Å². The number of benzene rings is 1. The summed E-state index contributed by atoms with van der Waals surface area (Å²) in [5.41, 5.74) is 7.55. The number of aryl methyl sites for hydroxylation is 1. The molecule has 1 aromatic carbocycles. The average Bonchev–Trinajstić information content (AvgIpc) is 2.25. The third kappa shape index (κ3) is 3.29. The molecule has 1 radical (unpaired) electrons. The van der Waals surface area contributed by atoms with Gasteiger partial charge < -0.3 is 16.0 Å². The van der Waals surface area contributed by atoms with Crippen molar-refractivity contribution in [3.05, 3.63) is 48.0 Å². The maximum Gasteiger partial charge on any atom is 0.0285 e. The fourth-order valence-electron chi connectivity index (χ4n) is 1.23. The van der Waals surface area contributed by atoms with Crippen molar-refractivity contribution in [2.75, 3.05) is 11.1 Å². The first-order valence-electron chi connectivity index (χ1n) is 4.72. The van der Waals surface area contributed by atoms with E-state index in [1.54, 1.807) is 6.07 Å². The predicted molar refractivity (Wildman–Crippen MR) is 61.9 cm³/mol. The van der Waals surface area contributed by atoms with Gasteiger partial charge in [-0.05, 0) is 12.1 Å². The van der Waals surface area contributed by atoms with Crippen LogP contribution in [0.5, 0.6) is 0 Å². The van der Waals surface area contributed by atoms with E-state index in [-0.39, 0.29) is 32.7 Å². The van der Waals surface area contributed by atoms with Crippen LogP contribution in [0.15, 0.2) is 36.4 Å². The molecule has 16 heavy (non-hydrogen) atoms. The van der Waals surface area contributed by atoms with E-state index < -0.39 is 0 Å². The zero-order valence-electron chi connectivity index (χ0n) is 9.07. The SMILES string of the molecule is Cc1[c-]cc(Nc2ccccc2)nc1N.[Y]. The van der Waals surface area contributed by atoms with Crippen molar-refractivity contribution in [1.82, 2.24) is 4.98 Å². The summed E-state index contributed by atoms with van der Waals surface area (Å²) in [6, 6.07) is 14.7. The Kier molecular flexibility index (Phi) is 4.90. The Morgan fingerprint density at radius 3 is 2.56 bits per heavy atom. The zero-order chi connectivity index (χ0) is 10.7. The fourth-order valence-corrected chi connectivity index (χ4v) is 1.23. The van der Waals surface area contributed by atoms with Crippen LogP contribution in [0.3, 0.4) is 0 Å². The molecule has 0 unspecified atom stereocenters. The third-order valence-corrected chi connectivity index (χ3v) is 2.10. The van der Waals surface area contributed by atoms with Gasteiger partial charge in [-0.25, -0.2) is 0 Å². The largest absolute Gasteiger partial charge is 0.435 e. The number of hydrogen-bond acceptors (Lipinski definition) is 3. The van der Waals surface area contributed by atoms with Gasteiger partial charge in [0.1, 0.15) is 0 Å². The molecule has 0 saturated carbocycles. The van der Waals surface area contributed by atoms with Crippen LogP contribution in [0.25, 0.3) is 0 Å². The van der Waals surface area contributed by atoms with Crippen molar-refractivity contribution in [3.8, 4) is 0 Å². The van der Waals surface area contributed by atoms with Gasteiger partial charge in [0.2, 0.25) is 0 Å². The average molecular weight is 287 g/mol. The molecule has 1 aromatic heterocycles. The van der Waals surface area contributed by atoms with Crippen LogP contribution in [-0.4, -0.2) is 4.98 Å². The van der Waals surface area contributed by atoms with Crippen molar-refractivity contribution < 1.29 is 32.7 Å². The van der Waals surface area contributed by atoms with Crippen molar-refractivity contribution >= 4 is 17.3 Å². The Morgan fingerprint density at radius 2 is 1.94 bits per heavy atom. The summed E-state index contributed by atoms with van der Waals surface area (Å²) < 4.78 is 0. The topological polar surface area (TPSA) is 50.9 Å². The monoisotopic (exact) mass is 287 g/mol. The van der Waals surface area contributed by atoms with Gasteiger partial charge in [-0.1, -0.05) is 25.1 Å². The van der Waals surface area contributed by atoms with Gasteiger partial charge in [-0.15, -0.1) is 11.6 Å². The van der Waals surface area contributed by atoms with Gasteiger partial charge in [0.25, 0.3) is 0 Å². The second-order valence-electron chi connectivity index (χ2n) is 3.29. The number of nitrogens with two attached hydrogens (primary N) is 1. The predicted octanol–water partition coefficient (Wildman–Crippen LogP) is 2.51. The van der Waals surface area contributed by atoms with E-state index in [0.29, 0.717) is 11.6 Å². The maximum absolute atomic E-state index is 5.69. The number of nitrogen functional groups attached to an aromatic ring is 1. The molecular weight excluding hydrogens is 275 g/mol. The zero-order valence-corrected chi connectivity index (χ0v) is 11.9. The molecule has 0 bridgehead atoms. The van der Waals surface area contributed by atoms with Gasteiger partial charge in [-0.2, -0.15) is 6.07 Å². The molecule has 0 fully saturated rings. The molecule has 2 aromatic rings. The molecule has 0 amide bonds. The molecule has 0 aliphatic rings. The second kappa shape index (κ2) is 5.97. The first kappa shape index (κ1) is 13.1. The Labute approximate surface area is 120 Å². The molecule has 0 atom stereocenters. The van der Waals surface area contributed by atoms with Crippen LogP contribution in [0.2, 0.25) is 0 Å².